The average Bonchev–Trinajstić information content (AvgIpc) is 2.92. The minimum atomic E-state index is -0.724. The topological polar surface area (TPSA) is 133 Å². The van der Waals surface area contributed by atoms with E-state index < -0.39 is 30.2 Å². The third kappa shape index (κ3) is 3.81. The molecular weight excluding hydrogens is 292 g/mol. The molecule has 3 atom stereocenters. The standard InChI is InChI=1S/C13H20N4O5/c1-7(2)11(15)12(18)21-6-10-20-5-9(22-10)17-4-3-8(14)16-13(17)19/h3-4,7,9-11H,5-6,15H2,1-2H3,(H2,14,16,19)/p+1. The molecule has 5 N–H and O–H groups in total. The molecule has 1 aliphatic rings. The van der Waals surface area contributed by atoms with Crippen molar-refractivity contribution in [3.05, 3.63) is 22.7 Å². The Morgan fingerprint density at radius 1 is 1.64 bits per heavy atom. The van der Waals surface area contributed by atoms with Gasteiger partial charge in [0, 0.05) is 12.1 Å². The maximum Gasteiger partial charge on any atom is 0.365 e. The molecule has 1 aromatic rings. The Hall–Kier alpha value is -1.97. The highest BCUT2D eigenvalue weighted by Crippen LogP contribution is 2.19. The third-order valence-electron chi connectivity index (χ3n) is 3.36. The molecule has 1 saturated heterocycles. The van der Waals surface area contributed by atoms with Gasteiger partial charge in [-0.1, -0.05) is 13.8 Å². The van der Waals surface area contributed by atoms with Crippen molar-refractivity contribution < 1.29 is 24.7 Å². The molecule has 22 heavy (non-hydrogen) atoms. The molecule has 2 heterocycles. The van der Waals surface area contributed by atoms with Gasteiger partial charge in [0.15, 0.2) is 18.6 Å². The second-order valence-electron chi connectivity index (χ2n) is 5.38. The van der Waals surface area contributed by atoms with E-state index >= 15 is 0 Å². The fourth-order valence-corrected chi connectivity index (χ4v) is 1.85. The second-order valence-corrected chi connectivity index (χ2v) is 5.38. The van der Waals surface area contributed by atoms with Crippen LogP contribution in [0.15, 0.2) is 17.1 Å². The normalized spacial score (nSPS) is 22.7. The lowest BCUT2D eigenvalue weighted by Crippen LogP contribution is -2.67. The van der Waals surface area contributed by atoms with Gasteiger partial charge >= 0.3 is 11.7 Å². The van der Waals surface area contributed by atoms with E-state index in [0.29, 0.717) is 0 Å². The summed E-state index contributed by atoms with van der Waals surface area (Å²) < 4.78 is 17.3. The maximum absolute atomic E-state index is 11.7. The molecular formula is C13H21N4O5+. The zero-order valence-corrected chi connectivity index (χ0v) is 12.6. The number of nitrogen functional groups attached to an aromatic ring is 1. The van der Waals surface area contributed by atoms with Gasteiger partial charge < -0.3 is 25.7 Å². The molecule has 9 nitrogen and oxygen atoms in total. The summed E-state index contributed by atoms with van der Waals surface area (Å²) in [5.41, 5.74) is 8.65. The summed E-state index contributed by atoms with van der Waals surface area (Å²) >= 11 is 0. The summed E-state index contributed by atoms with van der Waals surface area (Å²) in [7, 11) is 0. The first-order chi connectivity index (χ1) is 10.4. The van der Waals surface area contributed by atoms with Gasteiger partial charge in [0.2, 0.25) is 0 Å². The first-order valence-corrected chi connectivity index (χ1v) is 7.00. The Labute approximate surface area is 127 Å². The van der Waals surface area contributed by atoms with Crippen molar-refractivity contribution in [1.29, 1.82) is 0 Å². The Kier molecular flexibility index (Phi) is 5.11. The van der Waals surface area contributed by atoms with Crippen LogP contribution in [0.25, 0.3) is 0 Å². The van der Waals surface area contributed by atoms with Gasteiger partial charge in [0.25, 0.3) is 0 Å². The van der Waals surface area contributed by atoms with Crippen LogP contribution in [-0.4, -0.2) is 41.1 Å². The molecule has 0 bridgehead atoms. The Balaban J connectivity index is 1.88. The first-order valence-electron chi connectivity index (χ1n) is 7.00. The fourth-order valence-electron chi connectivity index (χ4n) is 1.85. The van der Waals surface area contributed by atoms with E-state index in [-0.39, 0.29) is 24.9 Å². The first kappa shape index (κ1) is 16.4. The number of aromatic nitrogens is 2. The van der Waals surface area contributed by atoms with Gasteiger partial charge in [-0.3, -0.25) is 4.57 Å². The number of ether oxygens (including phenoxy) is 3. The Morgan fingerprint density at radius 3 is 3.00 bits per heavy atom. The summed E-state index contributed by atoms with van der Waals surface area (Å²) in [5, 5.41) is 0. The molecule has 122 valence electrons. The van der Waals surface area contributed by atoms with Gasteiger partial charge in [-0.15, -0.1) is 0 Å². The van der Waals surface area contributed by atoms with Crippen molar-refractivity contribution >= 4 is 11.8 Å². The van der Waals surface area contributed by atoms with E-state index in [2.05, 4.69) is 10.7 Å². The van der Waals surface area contributed by atoms with Crippen LogP contribution >= 0.6 is 0 Å². The van der Waals surface area contributed by atoms with E-state index in [1.54, 1.807) is 0 Å². The zero-order chi connectivity index (χ0) is 16.3. The van der Waals surface area contributed by atoms with Crippen LogP contribution in [0.4, 0.5) is 5.82 Å². The van der Waals surface area contributed by atoms with Gasteiger partial charge in [-0.25, -0.2) is 9.59 Å². The van der Waals surface area contributed by atoms with Crippen molar-refractivity contribution in [2.45, 2.75) is 32.4 Å². The molecule has 2 rings (SSSR count). The molecule has 9 heteroatoms. The van der Waals surface area contributed by atoms with Gasteiger partial charge in [0.05, 0.1) is 6.61 Å². The summed E-state index contributed by atoms with van der Waals surface area (Å²) in [6.07, 6.45) is 0.139. The molecule has 0 amide bonds. The molecule has 0 radical (unpaired) electrons. The Morgan fingerprint density at radius 2 is 2.36 bits per heavy atom. The van der Waals surface area contributed by atoms with Gasteiger partial charge in [-0.2, -0.15) is 4.98 Å². The summed E-state index contributed by atoms with van der Waals surface area (Å²) in [6.45, 7) is 3.88. The predicted molar refractivity (Wildman–Crippen MR) is 75.2 cm³/mol. The average molecular weight is 313 g/mol. The molecule has 0 saturated carbocycles. The van der Waals surface area contributed by atoms with Crippen LogP contribution in [0.5, 0.6) is 0 Å². The van der Waals surface area contributed by atoms with Crippen LogP contribution in [0.1, 0.15) is 20.1 Å². The highest BCUT2D eigenvalue weighted by molar-refractivity contribution is 5.74. The summed E-state index contributed by atoms with van der Waals surface area (Å²) in [5.74, 6) is -0.178. The van der Waals surface area contributed by atoms with Crippen molar-refractivity contribution in [2.75, 3.05) is 18.9 Å². The number of hydrogen-bond donors (Lipinski definition) is 2. The smallest absolute Gasteiger partial charge is 0.365 e. The number of quaternary nitrogens is 1. The van der Waals surface area contributed by atoms with Gasteiger partial charge in [-0.05, 0) is 6.07 Å². The van der Waals surface area contributed by atoms with E-state index in [0.717, 1.165) is 0 Å². The number of hydrogen-bond acceptors (Lipinski definition) is 7. The molecule has 3 unspecified atom stereocenters. The minimum Gasteiger partial charge on any atom is -0.456 e. The predicted octanol–water partition coefficient (Wildman–Crippen LogP) is -1.49. The quantitative estimate of drug-likeness (QED) is 0.632. The number of carbonyl (C=O) groups excluding carboxylic acids is 1. The Bertz CT molecular complexity index is 588. The zero-order valence-electron chi connectivity index (χ0n) is 12.6. The highest BCUT2D eigenvalue weighted by atomic mass is 16.7. The van der Waals surface area contributed by atoms with E-state index in [4.69, 9.17) is 19.9 Å². The number of nitrogens with two attached hydrogens (primary N) is 1. The minimum absolute atomic E-state index is 0.0504. The number of rotatable bonds is 5. The molecule has 0 aliphatic carbocycles. The lowest BCUT2D eigenvalue weighted by molar-refractivity contribution is -0.419. The molecule has 0 aromatic carbocycles. The molecule has 1 aromatic heterocycles. The molecule has 1 aliphatic heterocycles. The number of esters is 1. The summed E-state index contributed by atoms with van der Waals surface area (Å²) in [4.78, 5) is 27.0. The van der Waals surface area contributed by atoms with Crippen LogP contribution in [0, 0.1) is 5.92 Å². The maximum atomic E-state index is 11.7. The van der Waals surface area contributed by atoms with Crippen LogP contribution < -0.4 is 17.2 Å². The monoisotopic (exact) mass is 313 g/mol. The summed E-state index contributed by atoms with van der Waals surface area (Å²) in [6, 6.07) is 1.05. The SMILES string of the molecule is CC(C)C([NH3+])C(=O)OCC1OCC(n2ccc(N)nc2=O)O1. The van der Waals surface area contributed by atoms with Crippen molar-refractivity contribution in [3.8, 4) is 0 Å². The fraction of sp³-hybridized carbons (Fsp3) is 0.615. The van der Waals surface area contributed by atoms with E-state index in [1.165, 1.54) is 16.8 Å². The lowest BCUT2D eigenvalue weighted by atomic mass is 10.1. The van der Waals surface area contributed by atoms with Crippen LogP contribution in [0.2, 0.25) is 0 Å². The molecule has 0 spiro atoms. The highest BCUT2D eigenvalue weighted by Gasteiger charge is 2.31. The van der Waals surface area contributed by atoms with E-state index in [1.807, 2.05) is 13.8 Å². The lowest BCUT2D eigenvalue weighted by Gasteiger charge is -2.15. The van der Waals surface area contributed by atoms with Crippen molar-refractivity contribution in [3.63, 3.8) is 0 Å². The number of nitrogens with zero attached hydrogens (tertiary/aromatic N) is 2. The van der Waals surface area contributed by atoms with Crippen LogP contribution in [0.3, 0.4) is 0 Å². The van der Waals surface area contributed by atoms with Crippen molar-refractivity contribution in [2.24, 2.45) is 5.92 Å². The van der Waals surface area contributed by atoms with Crippen LogP contribution in [-0.2, 0) is 19.0 Å². The third-order valence-corrected chi connectivity index (χ3v) is 3.36. The van der Waals surface area contributed by atoms with Gasteiger partial charge in [0.1, 0.15) is 12.4 Å². The second kappa shape index (κ2) is 6.86. The number of carbonyl (C=O) groups is 1. The molecule has 1 fully saturated rings. The van der Waals surface area contributed by atoms with Crippen molar-refractivity contribution in [1.82, 2.24) is 9.55 Å². The number of anilines is 1. The van der Waals surface area contributed by atoms with E-state index in [9.17, 15) is 9.59 Å². The largest absolute Gasteiger partial charge is 0.456 e.